The largest absolute Gasteiger partial charge is 0.398 e. The Morgan fingerprint density at radius 3 is 2.40 bits per heavy atom. The average molecular weight is 299 g/mol. The third-order valence-electron chi connectivity index (χ3n) is 3.25. The number of nitrogens with one attached hydrogen (secondary N) is 1. The number of anilines is 1. The maximum absolute atomic E-state index is 12.4. The molecular weight excluding hydrogens is 278 g/mol. The highest BCUT2D eigenvalue weighted by Gasteiger charge is 2.24. The summed E-state index contributed by atoms with van der Waals surface area (Å²) in [5.41, 5.74) is 7.83. The van der Waals surface area contributed by atoms with Crippen molar-refractivity contribution in [3.63, 3.8) is 0 Å². The number of nitrogen functional groups attached to an aromatic ring is 1. The molecule has 0 atom stereocenters. The van der Waals surface area contributed by atoms with Crippen molar-refractivity contribution in [2.24, 2.45) is 0 Å². The maximum Gasteiger partial charge on any atom is 0.244 e. The van der Waals surface area contributed by atoms with E-state index in [9.17, 15) is 13.2 Å². The molecule has 0 spiro atoms. The van der Waals surface area contributed by atoms with Gasteiger partial charge in [-0.05, 0) is 37.1 Å². The monoisotopic (exact) mass is 299 g/mol. The van der Waals surface area contributed by atoms with Crippen molar-refractivity contribution < 1.29 is 13.2 Å². The number of aryl methyl sites for hydroxylation is 2. The van der Waals surface area contributed by atoms with Gasteiger partial charge >= 0.3 is 0 Å². The van der Waals surface area contributed by atoms with Gasteiger partial charge in [-0.3, -0.25) is 4.79 Å². The summed E-state index contributed by atoms with van der Waals surface area (Å²) in [6, 6.07) is 3.21. The second-order valence-corrected chi connectivity index (χ2v) is 6.74. The zero-order valence-electron chi connectivity index (χ0n) is 12.2. The number of benzene rings is 1. The lowest BCUT2D eigenvalue weighted by molar-refractivity contribution is -0.120. The van der Waals surface area contributed by atoms with E-state index in [2.05, 4.69) is 5.32 Å². The Hall–Kier alpha value is -1.60. The van der Waals surface area contributed by atoms with Gasteiger partial charge in [0, 0.05) is 27.1 Å². The molecule has 1 aromatic carbocycles. The molecule has 0 saturated heterocycles. The molecule has 0 aliphatic heterocycles. The zero-order valence-corrected chi connectivity index (χ0v) is 13.0. The third-order valence-corrected chi connectivity index (χ3v) is 5.16. The van der Waals surface area contributed by atoms with E-state index in [1.54, 1.807) is 12.1 Å². The normalized spacial score (nSPS) is 11.7. The topological polar surface area (TPSA) is 92.5 Å². The predicted octanol–water partition coefficient (Wildman–Crippen LogP) is 0.642. The molecule has 0 aliphatic carbocycles. The van der Waals surface area contributed by atoms with E-state index < -0.39 is 10.0 Å². The highest BCUT2D eigenvalue weighted by atomic mass is 32.2. The van der Waals surface area contributed by atoms with Gasteiger partial charge in [0.05, 0.1) is 5.69 Å². The first-order valence-corrected chi connectivity index (χ1v) is 7.67. The van der Waals surface area contributed by atoms with E-state index >= 15 is 0 Å². The Kier molecular flexibility index (Phi) is 5.13. The van der Waals surface area contributed by atoms with Crippen molar-refractivity contribution in [3.8, 4) is 0 Å². The van der Waals surface area contributed by atoms with Crippen molar-refractivity contribution in [2.45, 2.75) is 25.2 Å². The number of hydrogen-bond donors (Lipinski definition) is 2. The number of hydrogen-bond acceptors (Lipinski definition) is 4. The summed E-state index contributed by atoms with van der Waals surface area (Å²) in [4.78, 5) is 11.3. The minimum atomic E-state index is -3.68. The molecule has 0 heterocycles. The van der Waals surface area contributed by atoms with Crippen molar-refractivity contribution in [2.75, 3.05) is 26.4 Å². The van der Waals surface area contributed by atoms with Crippen molar-refractivity contribution in [1.82, 2.24) is 9.62 Å². The molecule has 0 radical (unpaired) electrons. The quantitative estimate of drug-likeness (QED) is 0.780. The predicted molar refractivity (Wildman–Crippen MR) is 78.8 cm³/mol. The Labute approximate surface area is 120 Å². The van der Waals surface area contributed by atoms with Crippen molar-refractivity contribution in [3.05, 3.63) is 23.3 Å². The molecule has 0 aromatic heterocycles. The summed E-state index contributed by atoms with van der Waals surface area (Å²) in [5, 5.41) is 2.45. The first-order chi connectivity index (χ1) is 9.20. The van der Waals surface area contributed by atoms with Gasteiger partial charge in [-0.15, -0.1) is 0 Å². The van der Waals surface area contributed by atoms with Gasteiger partial charge in [-0.25, -0.2) is 12.7 Å². The van der Waals surface area contributed by atoms with Crippen LogP contribution in [0.25, 0.3) is 0 Å². The van der Waals surface area contributed by atoms with Crippen LogP contribution < -0.4 is 11.1 Å². The van der Waals surface area contributed by atoms with Crippen LogP contribution in [0.5, 0.6) is 0 Å². The van der Waals surface area contributed by atoms with Crippen molar-refractivity contribution in [1.29, 1.82) is 0 Å². The maximum atomic E-state index is 12.4. The summed E-state index contributed by atoms with van der Waals surface area (Å²) >= 11 is 0. The molecule has 0 fully saturated rings. The highest BCUT2D eigenvalue weighted by Crippen LogP contribution is 2.25. The fourth-order valence-electron chi connectivity index (χ4n) is 1.71. The molecule has 1 rings (SSSR count). The van der Waals surface area contributed by atoms with Crippen molar-refractivity contribution >= 4 is 21.6 Å². The summed E-state index contributed by atoms with van der Waals surface area (Å²) in [5.74, 6) is -0.208. The first-order valence-electron chi connectivity index (χ1n) is 6.23. The standard InChI is InChI=1S/C13H21N3O3S/c1-9-7-11(14)12(8-10(9)2)20(18,19)16(4)6-5-13(17)15-3/h7-8H,5-6,14H2,1-4H3,(H,15,17). The Morgan fingerprint density at radius 2 is 1.85 bits per heavy atom. The molecule has 0 unspecified atom stereocenters. The molecule has 0 saturated carbocycles. The highest BCUT2D eigenvalue weighted by molar-refractivity contribution is 7.89. The molecule has 6 nitrogen and oxygen atoms in total. The Morgan fingerprint density at radius 1 is 1.30 bits per heavy atom. The fourth-order valence-corrected chi connectivity index (χ4v) is 3.06. The van der Waals surface area contributed by atoms with Crippen LogP contribution in [0.2, 0.25) is 0 Å². The molecule has 1 aromatic rings. The zero-order chi connectivity index (χ0) is 15.5. The SMILES string of the molecule is CNC(=O)CCN(C)S(=O)(=O)c1cc(C)c(C)cc1N. The summed E-state index contributed by atoms with van der Waals surface area (Å²) in [6.07, 6.45) is 0.108. The number of carbonyl (C=O) groups is 1. The van der Waals surface area contributed by atoms with Gasteiger partial charge in [0.25, 0.3) is 0 Å². The van der Waals surface area contributed by atoms with Gasteiger partial charge in [-0.2, -0.15) is 0 Å². The molecular formula is C13H21N3O3S. The number of nitrogens with zero attached hydrogens (tertiary/aromatic N) is 1. The van der Waals surface area contributed by atoms with E-state index in [1.165, 1.54) is 14.1 Å². The molecule has 3 N–H and O–H groups in total. The fraction of sp³-hybridized carbons (Fsp3) is 0.462. The molecule has 7 heteroatoms. The number of nitrogens with two attached hydrogens (primary N) is 1. The summed E-state index contributed by atoms with van der Waals surface area (Å²) in [6.45, 7) is 3.81. The summed E-state index contributed by atoms with van der Waals surface area (Å²) in [7, 11) is -0.735. The van der Waals surface area contributed by atoms with Crippen LogP contribution >= 0.6 is 0 Å². The average Bonchev–Trinajstić information content (AvgIpc) is 2.39. The van der Waals surface area contributed by atoms with E-state index in [4.69, 9.17) is 5.73 Å². The molecule has 20 heavy (non-hydrogen) atoms. The molecule has 0 aliphatic rings. The molecule has 1 amide bonds. The van der Waals surface area contributed by atoms with Crippen LogP contribution in [0.1, 0.15) is 17.5 Å². The van der Waals surface area contributed by atoms with Gasteiger partial charge in [0.1, 0.15) is 4.90 Å². The smallest absolute Gasteiger partial charge is 0.244 e. The minimum Gasteiger partial charge on any atom is -0.398 e. The molecule has 112 valence electrons. The molecule has 0 bridgehead atoms. The van der Waals surface area contributed by atoms with Gasteiger partial charge in [0.15, 0.2) is 0 Å². The van der Waals surface area contributed by atoms with Crippen LogP contribution in [0.3, 0.4) is 0 Å². The Bertz CT molecular complexity index is 612. The lowest BCUT2D eigenvalue weighted by Crippen LogP contribution is -2.32. The van der Waals surface area contributed by atoms with Gasteiger partial charge < -0.3 is 11.1 Å². The van der Waals surface area contributed by atoms with Crippen LogP contribution in [-0.2, 0) is 14.8 Å². The summed E-state index contributed by atoms with van der Waals surface area (Å²) < 4.78 is 26.0. The van der Waals surface area contributed by atoms with Gasteiger partial charge in [-0.1, -0.05) is 0 Å². The number of rotatable bonds is 5. The first kappa shape index (κ1) is 16.5. The minimum absolute atomic E-state index is 0.0833. The van der Waals surface area contributed by atoms with E-state index in [0.29, 0.717) is 0 Å². The van der Waals surface area contributed by atoms with E-state index in [1.807, 2.05) is 13.8 Å². The van der Waals surface area contributed by atoms with Crippen LogP contribution in [0.15, 0.2) is 17.0 Å². The second-order valence-electron chi connectivity index (χ2n) is 4.72. The van der Waals surface area contributed by atoms with E-state index in [-0.39, 0.29) is 29.5 Å². The van der Waals surface area contributed by atoms with Gasteiger partial charge in [0.2, 0.25) is 15.9 Å². The number of carbonyl (C=O) groups excluding carboxylic acids is 1. The Balaban J connectivity index is 3.04. The number of amides is 1. The van der Waals surface area contributed by atoms with Crippen LogP contribution in [-0.4, -0.2) is 39.3 Å². The van der Waals surface area contributed by atoms with Crippen LogP contribution in [0, 0.1) is 13.8 Å². The number of sulfonamides is 1. The van der Waals surface area contributed by atoms with Crippen LogP contribution in [0.4, 0.5) is 5.69 Å². The third kappa shape index (κ3) is 3.49. The lowest BCUT2D eigenvalue weighted by atomic mass is 10.1. The lowest BCUT2D eigenvalue weighted by Gasteiger charge is -2.19. The van der Waals surface area contributed by atoms with E-state index in [0.717, 1.165) is 15.4 Å². The second kappa shape index (κ2) is 6.23.